The Morgan fingerprint density at radius 2 is 1.84 bits per heavy atom. The number of carbonyl (C=O) groups excluding carboxylic acids is 1. The lowest BCUT2D eigenvalue weighted by Gasteiger charge is -2.27. The van der Waals surface area contributed by atoms with Crippen LogP contribution in [0.4, 0.5) is 22.0 Å². The summed E-state index contributed by atoms with van der Waals surface area (Å²) in [6.45, 7) is 1.95. The van der Waals surface area contributed by atoms with E-state index in [4.69, 9.17) is 0 Å². The van der Waals surface area contributed by atoms with Crippen LogP contribution in [0.2, 0.25) is 0 Å². The fourth-order valence-corrected chi connectivity index (χ4v) is 2.45. The smallest absolute Gasteiger partial charge is 0.351 e. The second-order valence-electron chi connectivity index (χ2n) is 5.25. The molecule has 1 aliphatic rings. The molecule has 2 atom stereocenters. The summed E-state index contributed by atoms with van der Waals surface area (Å²) in [7, 11) is 0. The van der Waals surface area contributed by atoms with Gasteiger partial charge in [0.1, 0.15) is 0 Å². The molecular weight excluding hydrogens is 269 g/mol. The first-order valence-electron chi connectivity index (χ1n) is 6.37. The molecule has 0 saturated heterocycles. The van der Waals surface area contributed by atoms with E-state index in [9.17, 15) is 26.7 Å². The van der Waals surface area contributed by atoms with Crippen molar-refractivity contribution in [1.29, 1.82) is 0 Å². The van der Waals surface area contributed by atoms with Crippen LogP contribution in [0.3, 0.4) is 0 Å². The molecule has 19 heavy (non-hydrogen) atoms. The third-order valence-corrected chi connectivity index (χ3v) is 3.52. The van der Waals surface area contributed by atoms with E-state index >= 15 is 0 Å². The van der Waals surface area contributed by atoms with Crippen LogP contribution < -0.4 is 5.32 Å². The van der Waals surface area contributed by atoms with Gasteiger partial charge >= 0.3 is 12.1 Å². The third kappa shape index (κ3) is 4.31. The van der Waals surface area contributed by atoms with Crippen LogP contribution in [0.1, 0.15) is 39.0 Å². The van der Waals surface area contributed by atoms with E-state index in [0.717, 1.165) is 25.7 Å². The normalized spacial score (nSPS) is 25.2. The molecule has 2 nitrogen and oxygen atoms in total. The van der Waals surface area contributed by atoms with Crippen molar-refractivity contribution in [2.24, 2.45) is 11.8 Å². The van der Waals surface area contributed by atoms with Crippen LogP contribution in [0.5, 0.6) is 0 Å². The first-order valence-corrected chi connectivity index (χ1v) is 6.37. The Morgan fingerprint density at radius 1 is 1.21 bits per heavy atom. The van der Waals surface area contributed by atoms with Gasteiger partial charge in [0.25, 0.3) is 5.91 Å². The number of rotatable bonds is 4. The van der Waals surface area contributed by atoms with Gasteiger partial charge < -0.3 is 5.32 Å². The molecule has 0 aromatic heterocycles. The van der Waals surface area contributed by atoms with Gasteiger partial charge in [0.05, 0.1) is 0 Å². The van der Waals surface area contributed by atoms with Crippen molar-refractivity contribution >= 4 is 5.91 Å². The van der Waals surface area contributed by atoms with E-state index in [0.29, 0.717) is 18.3 Å². The van der Waals surface area contributed by atoms with Crippen molar-refractivity contribution in [3.8, 4) is 0 Å². The summed E-state index contributed by atoms with van der Waals surface area (Å²) in [5.41, 5.74) is 0. The molecule has 1 amide bonds. The second-order valence-corrected chi connectivity index (χ2v) is 5.25. The molecule has 0 aromatic rings. The molecule has 0 aliphatic heterocycles. The van der Waals surface area contributed by atoms with Gasteiger partial charge in [-0.25, -0.2) is 0 Å². The lowest BCUT2D eigenvalue weighted by molar-refractivity contribution is -0.269. The summed E-state index contributed by atoms with van der Waals surface area (Å²) in [4.78, 5) is 10.8. The van der Waals surface area contributed by atoms with Gasteiger partial charge in [0.15, 0.2) is 0 Å². The Kier molecular flexibility index (Phi) is 5.15. The predicted octanol–water partition coefficient (Wildman–Crippen LogP) is 3.52. The van der Waals surface area contributed by atoms with Crippen molar-refractivity contribution < 1.29 is 26.7 Å². The van der Waals surface area contributed by atoms with E-state index in [1.54, 1.807) is 5.32 Å². The summed E-state index contributed by atoms with van der Waals surface area (Å²) < 4.78 is 60.9. The molecule has 1 fully saturated rings. The average molecular weight is 287 g/mol. The van der Waals surface area contributed by atoms with Crippen LogP contribution in [0.25, 0.3) is 0 Å². The van der Waals surface area contributed by atoms with E-state index < -0.39 is 18.0 Å². The number of carbonyl (C=O) groups is 1. The van der Waals surface area contributed by atoms with Crippen LogP contribution >= 0.6 is 0 Å². The van der Waals surface area contributed by atoms with E-state index in [2.05, 4.69) is 6.92 Å². The summed E-state index contributed by atoms with van der Waals surface area (Å²) in [6, 6.07) is 0. The maximum absolute atomic E-state index is 12.6. The highest BCUT2D eigenvalue weighted by Crippen LogP contribution is 2.35. The number of nitrogens with one attached hydrogen (secondary N) is 1. The zero-order chi connectivity index (χ0) is 14.7. The molecule has 0 radical (unpaired) electrons. The molecule has 1 rings (SSSR count). The summed E-state index contributed by atoms with van der Waals surface area (Å²) in [6.07, 6.45) is -1.35. The number of hydrogen-bond donors (Lipinski definition) is 1. The minimum absolute atomic E-state index is 0.137. The van der Waals surface area contributed by atoms with Crippen molar-refractivity contribution in [1.82, 2.24) is 5.32 Å². The fraction of sp³-hybridized carbons (Fsp3) is 0.917. The first kappa shape index (κ1) is 16.2. The highest BCUT2D eigenvalue weighted by atomic mass is 19.4. The van der Waals surface area contributed by atoms with Crippen molar-refractivity contribution in [3.63, 3.8) is 0 Å². The fourth-order valence-electron chi connectivity index (χ4n) is 2.45. The van der Waals surface area contributed by atoms with Gasteiger partial charge in [-0.1, -0.05) is 26.2 Å². The standard InChI is InChI=1S/C12H18F5NO/c1-8-3-2-4-9(7-8)5-6-18-10(19)11(13,14)12(15,16)17/h8-9H,2-7H2,1H3,(H,18,19). The van der Waals surface area contributed by atoms with Crippen molar-refractivity contribution in [2.45, 2.75) is 51.1 Å². The van der Waals surface area contributed by atoms with Crippen molar-refractivity contribution in [2.75, 3.05) is 6.54 Å². The Hall–Kier alpha value is -0.880. The zero-order valence-electron chi connectivity index (χ0n) is 10.7. The Labute approximate surface area is 108 Å². The molecule has 1 aliphatic carbocycles. The average Bonchev–Trinajstić information content (AvgIpc) is 2.27. The van der Waals surface area contributed by atoms with E-state index in [1.807, 2.05) is 0 Å². The molecule has 0 aromatic carbocycles. The van der Waals surface area contributed by atoms with Crippen LogP contribution in [0, 0.1) is 11.8 Å². The predicted molar refractivity (Wildman–Crippen MR) is 59.8 cm³/mol. The zero-order valence-corrected chi connectivity index (χ0v) is 10.7. The van der Waals surface area contributed by atoms with Gasteiger partial charge in [0.2, 0.25) is 0 Å². The number of amides is 1. The quantitative estimate of drug-likeness (QED) is 0.788. The summed E-state index contributed by atoms with van der Waals surface area (Å²) in [5, 5.41) is 1.68. The Bertz CT molecular complexity index is 316. The highest BCUT2D eigenvalue weighted by Gasteiger charge is 2.63. The topological polar surface area (TPSA) is 29.1 Å². The van der Waals surface area contributed by atoms with Gasteiger partial charge in [0, 0.05) is 6.54 Å². The summed E-state index contributed by atoms with van der Waals surface area (Å²) in [5.74, 6) is -6.73. The number of alkyl halides is 5. The summed E-state index contributed by atoms with van der Waals surface area (Å²) >= 11 is 0. The second kappa shape index (κ2) is 6.05. The number of hydrogen-bond acceptors (Lipinski definition) is 1. The maximum Gasteiger partial charge on any atom is 0.463 e. The SMILES string of the molecule is CC1CCCC(CCNC(=O)C(F)(F)C(F)(F)F)C1. The first-order chi connectivity index (χ1) is 8.64. The van der Waals surface area contributed by atoms with Crippen LogP contribution in [-0.2, 0) is 4.79 Å². The monoisotopic (exact) mass is 287 g/mol. The van der Waals surface area contributed by atoms with Crippen molar-refractivity contribution in [3.05, 3.63) is 0 Å². The minimum Gasteiger partial charge on any atom is -0.351 e. The lowest BCUT2D eigenvalue weighted by Crippen LogP contribution is -2.50. The molecule has 0 spiro atoms. The molecule has 7 heteroatoms. The Balaban J connectivity index is 2.35. The highest BCUT2D eigenvalue weighted by molar-refractivity contribution is 5.84. The largest absolute Gasteiger partial charge is 0.463 e. The van der Waals surface area contributed by atoms with Gasteiger partial charge in [-0.15, -0.1) is 0 Å². The third-order valence-electron chi connectivity index (χ3n) is 3.52. The lowest BCUT2D eigenvalue weighted by atomic mass is 9.81. The minimum atomic E-state index is -5.84. The molecule has 1 N–H and O–H groups in total. The molecule has 112 valence electrons. The molecule has 1 saturated carbocycles. The van der Waals surface area contributed by atoms with E-state index in [-0.39, 0.29) is 6.54 Å². The van der Waals surface area contributed by atoms with Gasteiger partial charge in [-0.2, -0.15) is 22.0 Å². The van der Waals surface area contributed by atoms with Crippen LogP contribution in [-0.4, -0.2) is 24.6 Å². The molecule has 0 heterocycles. The molecule has 0 bridgehead atoms. The van der Waals surface area contributed by atoms with Gasteiger partial charge in [-0.3, -0.25) is 4.79 Å². The molecule has 2 unspecified atom stereocenters. The van der Waals surface area contributed by atoms with E-state index in [1.165, 1.54) is 0 Å². The Morgan fingerprint density at radius 3 is 2.37 bits per heavy atom. The van der Waals surface area contributed by atoms with Gasteiger partial charge in [-0.05, 0) is 24.7 Å². The van der Waals surface area contributed by atoms with Crippen LogP contribution in [0.15, 0.2) is 0 Å². The number of halogens is 5. The molecular formula is C12H18F5NO. The maximum atomic E-state index is 12.6.